The van der Waals surface area contributed by atoms with Gasteiger partial charge in [-0.1, -0.05) is 11.6 Å². The van der Waals surface area contributed by atoms with Gasteiger partial charge in [0.1, 0.15) is 0 Å². The molecule has 2 atom stereocenters. The summed E-state index contributed by atoms with van der Waals surface area (Å²) in [5.41, 5.74) is 6.82. The molecule has 70 valence electrons. The fourth-order valence-electron chi connectivity index (χ4n) is 1.39. The molecule has 0 saturated heterocycles. The first-order chi connectivity index (χ1) is 5.11. The zero-order valence-corrected chi connectivity index (χ0v) is 7.80. The smallest absolute Gasteiger partial charge is 0.308 e. The summed E-state index contributed by atoms with van der Waals surface area (Å²) in [5.74, 6) is -1.15. The first-order valence-corrected chi connectivity index (χ1v) is 3.77. The van der Waals surface area contributed by atoms with Crippen LogP contribution in [0, 0.1) is 5.92 Å². The van der Waals surface area contributed by atoms with Crippen molar-refractivity contribution < 1.29 is 9.90 Å². The van der Waals surface area contributed by atoms with Crippen molar-refractivity contribution in [2.45, 2.75) is 25.8 Å². The molecular formula is C8H14ClNO2. The zero-order valence-electron chi connectivity index (χ0n) is 6.99. The van der Waals surface area contributed by atoms with Gasteiger partial charge in [0.05, 0.1) is 5.92 Å². The maximum absolute atomic E-state index is 10.6. The average Bonchev–Trinajstić information content (AvgIpc) is 1.85. The Bertz CT molecular complexity index is 203. The van der Waals surface area contributed by atoms with Crippen LogP contribution in [0.1, 0.15) is 19.8 Å². The third-order valence-corrected chi connectivity index (χ3v) is 2.11. The third kappa shape index (κ3) is 2.50. The largest absolute Gasteiger partial charge is 0.481 e. The molecule has 3 N–H and O–H groups in total. The van der Waals surface area contributed by atoms with Crippen LogP contribution < -0.4 is 5.73 Å². The Morgan fingerprint density at radius 1 is 1.75 bits per heavy atom. The van der Waals surface area contributed by atoms with E-state index in [-0.39, 0.29) is 24.4 Å². The van der Waals surface area contributed by atoms with E-state index < -0.39 is 5.97 Å². The first kappa shape index (κ1) is 11.5. The topological polar surface area (TPSA) is 63.3 Å². The zero-order chi connectivity index (χ0) is 8.43. The lowest BCUT2D eigenvalue weighted by atomic mass is 9.87. The minimum absolute atomic E-state index is 0. The van der Waals surface area contributed by atoms with Crippen LogP contribution in [-0.2, 0) is 4.79 Å². The highest BCUT2D eigenvalue weighted by Crippen LogP contribution is 2.22. The molecule has 4 heteroatoms. The molecule has 0 aromatic heterocycles. The van der Waals surface area contributed by atoms with Gasteiger partial charge in [0.25, 0.3) is 0 Å². The third-order valence-electron chi connectivity index (χ3n) is 2.11. The second-order valence-electron chi connectivity index (χ2n) is 3.07. The number of aliphatic carboxylic acids is 1. The van der Waals surface area contributed by atoms with Gasteiger partial charge in [0, 0.05) is 6.04 Å². The highest BCUT2D eigenvalue weighted by molar-refractivity contribution is 5.85. The van der Waals surface area contributed by atoms with Gasteiger partial charge in [-0.15, -0.1) is 12.4 Å². The number of nitrogens with two attached hydrogens (primary N) is 1. The Labute approximate surface area is 78.0 Å². The maximum atomic E-state index is 10.6. The molecule has 0 bridgehead atoms. The Kier molecular flexibility index (Phi) is 4.28. The molecule has 0 aromatic carbocycles. The lowest BCUT2D eigenvalue weighted by Gasteiger charge is -2.22. The van der Waals surface area contributed by atoms with E-state index in [1.165, 1.54) is 5.57 Å². The molecule has 3 nitrogen and oxygen atoms in total. The molecule has 0 amide bonds. The minimum Gasteiger partial charge on any atom is -0.481 e. The van der Waals surface area contributed by atoms with Crippen molar-refractivity contribution in [3.63, 3.8) is 0 Å². The van der Waals surface area contributed by atoms with Gasteiger partial charge in [0.2, 0.25) is 0 Å². The second kappa shape index (κ2) is 4.48. The van der Waals surface area contributed by atoms with Crippen LogP contribution in [0.4, 0.5) is 0 Å². The summed E-state index contributed by atoms with van der Waals surface area (Å²) in [7, 11) is 0. The molecule has 1 aliphatic carbocycles. The van der Waals surface area contributed by atoms with E-state index in [2.05, 4.69) is 0 Å². The van der Waals surface area contributed by atoms with Gasteiger partial charge < -0.3 is 10.8 Å². The van der Waals surface area contributed by atoms with Gasteiger partial charge in [-0.3, -0.25) is 4.79 Å². The molecule has 2 unspecified atom stereocenters. The van der Waals surface area contributed by atoms with E-state index in [1.54, 1.807) is 0 Å². The molecule has 0 saturated carbocycles. The van der Waals surface area contributed by atoms with Crippen molar-refractivity contribution in [2.24, 2.45) is 11.7 Å². The molecule has 1 rings (SSSR count). The Morgan fingerprint density at radius 3 is 2.75 bits per heavy atom. The van der Waals surface area contributed by atoms with Crippen LogP contribution in [0.25, 0.3) is 0 Å². The second-order valence-corrected chi connectivity index (χ2v) is 3.07. The normalized spacial score (nSPS) is 28.7. The number of allylic oxidation sites excluding steroid dienone is 1. The molecular weight excluding hydrogens is 178 g/mol. The summed E-state index contributed by atoms with van der Waals surface area (Å²) in [4.78, 5) is 10.6. The Hall–Kier alpha value is -0.540. The fraction of sp³-hybridized carbons (Fsp3) is 0.625. The predicted molar refractivity (Wildman–Crippen MR) is 49.3 cm³/mol. The quantitative estimate of drug-likeness (QED) is 0.612. The van der Waals surface area contributed by atoms with Crippen LogP contribution in [0.5, 0.6) is 0 Å². The van der Waals surface area contributed by atoms with E-state index >= 15 is 0 Å². The molecule has 0 radical (unpaired) electrons. The molecule has 0 spiro atoms. The van der Waals surface area contributed by atoms with E-state index in [4.69, 9.17) is 10.8 Å². The van der Waals surface area contributed by atoms with Gasteiger partial charge in [-0.2, -0.15) is 0 Å². The number of halogens is 1. The SMILES string of the molecule is CC1=CC(N)C(C(=O)O)CC1.Cl. The summed E-state index contributed by atoms with van der Waals surface area (Å²) >= 11 is 0. The van der Waals surface area contributed by atoms with Gasteiger partial charge in [0.15, 0.2) is 0 Å². The number of hydrogen-bond donors (Lipinski definition) is 2. The fourth-order valence-corrected chi connectivity index (χ4v) is 1.39. The average molecular weight is 192 g/mol. The van der Waals surface area contributed by atoms with Gasteiger partial charge in [-0.25, -0.2) is 0 Å². The van der Waals surface area contributed by atoms with Crippen molar-refractivity contribution in [3.05, 3.63) is 11.6 Å². The van der Waals surface area contributed by atoms with E-state index in [1.807, 2.05) is 13.0 Å². The molecule has 0 aliphatic heterocycles. The number of carbonyl (C=O) groups is 1. The van der Waals surface area contributed by atoms with Crippen molar-refractivity contribution in [1.82, 2.24) is 0 Å². The van der Waals surface area contributed by atoms with Crippen molar-refractivity contribution in [2.75, 3.05) is 0 Å². The summed E-state index contributed by atoms with van der Waals surface area (Å²) in [6, 6.07) is -0.291. The van der Waals surface area contributed by atoms with Crippen LogP contribution in [0.3, 0.4) is 0 Å². The molecule has 12 heavy (non-hydrogen) atoms. The summed E-state index contributed by atoms with van der Waals surface area (Å²) < 4.78 is 0. The highest BCUT2D eigenvalue weighted by atomic mass is 35.5. The van der Waals surface area contributed by atoms with Gasteiger partial charge >= 0.3 is 5.97 Å². The van der Waals surface area contributed by atoms with Crippen LogP contribution in [0.2, 0.25) is 0 Å². The summed E-state index contributed by atoms with van der Waals surface area (Å²) in [6.07, 6.45) is 3.39. The predicted octanol–water partition coefficient (Wildman–Crippen LogP) is 1.18. The van der Waals surface area contributed by atoms with Crippen molar-refractivity contribution >= 4 is 18.4 Å². The van der Waals surface area contributed by atoms with E-state index in [9.17, 15) is 4.79 Å². The summed E-state index contributed by atoms with van der Waals surface area (Å²) in [6.45, 7) is 1.98. The molecule has 0 heterocycles. The van der Waals surface area contributed by atoms with Crippen LogP contribution >= 0.6 is 12.4 Å². The minimum atomic E-state index is -0.777. The first-order valence-electron chi connectivity index (χ1n) is 3.77. The molecule has 1 aliphatic rings. The van der Waals surface area contributed by atoms with Crippen molar-refractivity contribution in [3.8, 4) is 0 Å². The Morgan fingerprint density at radius 2 is 2.33 bits per heavy atom. The molecule has 0 fully saturated rings. The number of carboxylic acid groups (broad SMARTS) is 1. The molecule has 0 aromatic rings. The highest BCUT2D eigenvalue weighted by Gasteiger charge is 2.26. The lowest BCUT2D eigenvalue weighted by Crippen LogP contribution is -2.36. The number of carboxylic acids is 1. The lowest BCUT2D eigenvalue weighted by molar-refractivity contribution is -0.142. The van der Waals surface area contributed by atoms with E-state index in [0.29, 0.717) is 6.42 Å². The monoisotopic (exact) mass is 191 g/mol. The van der Waals surface area contributed by atoms with Crippen LogP contribution in [0.15, 0.2) is 11.6 Å². The standard InChI is InChI=1S/C8H13NO2.ClH/c1-5-2-3-6(8(10)11)7(9)4-5;/h4,6-7H,2-3,9H2,1H3,(H,10,11);1H. The number of hydrogen-bond acceptors (Lipinski definition) is 2. The summed E-state index contributed by atoms with van der Waals surface area (Å²) in [5, 5.41) is 8.69. The Balaban J connectivity index is 0.00000121. The maximum Gasteiger partial charge on any atom is 0.308 e. The van der Waals surface area contributed by atoms with E-state index in [0.717, 1.165) is 6.42 Å². The van der Waals surface area contributed by atoms with Crippen LogP contribution in [-0.4, -0.2) is 17.1 Å². The van der Waals surface area contributed by atoms with Gasteiger partial charge in [-0.05, 0) is 19.8 Å². The van der Waals surface area contributed by atoms with Crippen molar-refractivity contribution in [1.29, 1.82) is 0 Å². The number of rotatable bonds is 1.